The van der Waals surface area contributed by atoms with Crippen molar-refractivity contribution in [1.82, 2.24) is 10.2 Å². The first-order chi connectivity index (χ1) is 13.2. The van der Waals surface area contributed by atoms with Crippen LogP contribution < -0.4 is 5.32 Å². The van der Waals surface area contributed by atoms with Crippen LogP contribution in [0.4, 0.5) is 0 Å². The predicted octanol–water partition coefficient (Wildman–Crippen LogP) is -0.870. The number of nitrogens with zero attached hydrogens (tertiary/aromatic N) is 1. The van der Waals surface area contributed by atoms with E-state index in [2.05, 4.69) is 17.1 Å². The number of aliphatic hydroxyl groups excluding tert-OH is 4. The molecule has 0 aromatic carbocycles. The molecule has 9 atom stereocenters. The van der Waals surface area contributed by atoms with E-state index in [0.717, 1.165) is 32.4 Å². The second kappa shape index (κ2) is 13.4. The first-order valence-electron chi connectivity index (χ1n) is 10.2. The van der Waals surface area contributed by atoms with Crippen LogP contribution in [0.2, 0.25) is 0 Å². The van der Waals surface area contributed by atoms with Crippen molar-refractivity contribution in [3.8, 4) is 0 Å². The van der Waals surface area contributed by atoms with E-state index in [9.17, 15) is 25.2 Å². The zero-order valence-corrected chi connectivity index (χ0v) is 19.7. The fourth-order valence-corrected chi connectivity index (χ4v) is 5.02. The average Bonchev–Trinajstić information content (AvgIpc) is 3.08. The smallest absolute Gasteiger partial charge is 0.237 e. The highest BCUT2D eigenvalue weighted by atomic mass is 35.5. The number of rotatable bonds is 8. The van der Waals surface area contributed by atoms with Gasteiger partial charge in [-0.2, -0.15) is 0 Å². The Kier molecular flexibility index (Phi) is 13.3. The molecule has 9 nitrogen and oxygen atoms in total. The lowest BCUT2D eigenvalue weighted by Gasteiger charge is -2.44. The molecule has 7 N–H and O–H groups in total. The second-order valence-electron chi connectivity index (χ2n) is 7.95. The van der Waals surface area contributed by atoms with Crippen LogP contribution in [0.25, 0.3) is 0 Å². The molecular weight excluding hydrogens is 436 g/mol. The summed E-state index contributed by atoms with van der Waals surface area (Å²) in [5.74, 6) is 0.267. The molecule has 0 unspecified atom stereocenters. The number of amides is 1. The Labute approximate surface area is 189 Å². The fraction of sp³-hybridized carbons (Fsp3) is 0.947. The number of hydrogen-bond donors (Lipinski definition) is 5. The van der Waals surface area contributed by atoms with Crippen molar-refractivity contribution in [2.75, 3.05) is 19.3 Å². The molecule has 0 aromatic rings. The maximum atomic E-state index is 13.0. The van der Waals surface area contributed by atoms with E-state index in [1.807, 2.05) is 6.92 Å². The summed E-state index contributed by atoms with van der Waals surface area (Å²) in [6.07, 6.45) is -1.47. The van der Waals surface area contributed by atoms with Crippen molar-refractivity contribution in [1.29, 1.82) is 0 Å². The Hall–Kier alpha value is -0.170. The minimum absolute atomic E-state index is 0. The van der Waals surface area contributed by atoms with Crippen LogP contribution in [-0.2, 0) is 9.53 Å². The zero-order valence-electron chi connectivity index (χ0n) is 18.1. The average molecular weight is 475 g/mol. The van der Waals surface area contributed by atoms with Crippen molar-refractivity contribution >= 4 is 30.1 Å². The Morgan fingerprint density at radius 3 is 2.37 bits per heavy atom. The monoisotopic (exact) mass is 474 g/mol. The molecule has 1 amide bonds. The summed E-state index contributed by atoms with van der Waals surface area (Å²) in [7, 11) is 0. The molecule has 2 saturated heterocycles. The van der Waals surface area contributed by atoms with Crippen LogP contribution >= 0.6 is 24.2 Å². The number of carbonyl (C=O) groups excluding carboxylic acids is 1. The van der Waals surface area contributed by atoms with Gasteiger partial charge in [0.05, 0.1) is 18.2 Å². The van der Waals surface area contributed by atoms with E-state index in [-0.39, 0.29) is 29.8 Å². The van der Waals surface area contributed by atoms with Gasteiger partial charge in [0.2, 0.25) is 5.91 Å². The molecule has 11 heteroatoms. The first kappa shape index (κ1) is 29.8. The Morgan fingerprint density at radius 1 is 1.23 bits per heavy atom. The van der Waals surface area contributed by atoms with Gasteiger partial charge in [-0.05, 0) is 38.5 Å². The van der Waals surface area contributed by atoms with Gasteiger partial charge in [0, 0.05) is 6.54 Å². The topological polar surface area (TPSA) is 154 Å². The molecule has 180 valence electrons. The molecule has 0 aliphatic carbocycles. The van der Waals surface area contributed by atoms with Crippen LogP contribution in [0.5, 0.6) is 0 Å². The number of nitrogens with one attached hydrogen (secondary N) is 1. The van der Waals surface area contributed by atoms with Crippen molar-refractivity contribution < 1.29 is 35.4 Å². The number of aliphatic hydroxyl groups is 4. The highest BCUT2D eigenvalue weighted by Crippen LogP contribution is 2.30. The molecule has 0 spiro atoms. The van der Waals surface area contributed by atoms with E-state index < -0.39 is 42.0 Å². The predicted molar refractivity (Wildman–Crippen MR) is 119 cm³/mol. The SMILES string of the molecule is CCC[C@@H]1C[C@@H](C(=O)N[C@@H]([C@H]2O[C@H](SC)[C@H](O)[C@@H](O)[C@H]2O)[C@@H](C)O)N(CC)C1.Cl.O. The number of ether oxygens (including phenoxy) is 1. The fourth-order valence-electron chi connectivity index (χ4n) is 4.34. The van der Waals surface area contributed by atoms with E-state index in [1.165, 1.54) is 18.7 Å². The summed E-state index contributed by atoms with van der Waals surface area (Å²) in [5, 5.41) is 43.7. The largest absolute Gasteiger partial charge is 0.412 e. The van der Waals surface area contributed by atoms with Gasteiger partial charge >= 0.3 is 0 Å². The van der Waals surface area contributed by atoms with Crippen LogP contribution in [-0.4, -0.2) is 104 Å². The lowest BCUT2D eigenvalue weighted by Crippen LogP contribution is -2.65. The normalized spacial score (nSPS) is 36.3. The molecule has 0 radical (unpaired) electrons. The number of likely N-dealkylation sites (tertiary alicyclic amines) is 1. The lowest BCUT2D eigenvalue weighted by molar-refractivity contribution is -0.211. The summed E-state index contributed by atoms with van der Waals surface area (Å²) in [5.41, 5.74) is -0.755. The van der Waals surface area contributed by atoms with E-state index in [0.29, 0.717) is 5.92 Å². The summed E-state index contributed by atoms with van der Waals surface area (Å²) in [4.78, 5) is 15.1. The molecule has 0 saturated carbocycles. The van der Waals surface area contributed by atoms with E-state index in [4.69, 9.17) is 4.74 Å². The maximum Gasteiger partial charge on any atom is 0.237 e. The minimum atomic E-state index is -1.42. The molecular formula is C19H39ClN2O7S. The molecule has 2 fully saturated rings. The molecule has 2 aliphatic rings. The van der Waals surface area contributed by atoms with Crippen molar-refractivity contribution in [3.05, 3.63) is 0 Å². The summed E-state index contributed by atoms with van der Waals surface area (Å²) in [6, 6.07) is -1.18. The van der Waals surface area contributed by atoms with Crippen LogP contribution in [0.15, 0.2) is 0 Å². The minimum Gasteiger partial charge on any atom is -0.412 e. The number of halogens is 1. The highest BCUT2D eigenvalue weighted by molar-refractivity contribution is 7.99. The van der Waals surface area contributed by atoms with Crippen LogP contribution in [0.1, 0.15) is 40.0 Å². The standard InChI is InChI=1S/C19H36N2O6S.ClH.H2O/c1-5-7-11-8-12(21(6-2)9-11)18(26)20-13(10(3)22)17-15(24)14(23)16(25)19(27-17)28-4;;/h10-17,19,22-25H,5-9H2,1-4H3,(H,20,26);1H;1H2/t10-,11-,12+,13-,14+,15-,16-,17-,19-;;/m1../s1. The van der Waals surface area contributed by atoms with Crippen molar-refractivity contribution in [3.63, 3.8) is 0 Å². The van der Waals surface area contributed by atoms with Gasteiger partial charge in [-0.15, -0.1) is 24.2 Å². The second-order valence-corrected chi connectivity index (χ2v) is 8.88. The van der Waals surface area contributed by atoms with Gasteiger partial charge in [0.1, 0.15) is 29.9 Å². The third-order valence-electron chi connectivity index (χ3n) is 5.92. The Balaban J connectivity index is 0.00000420. The van der Waals surface area contributed by atoms with Gasteiger partial charge in [0.15, 0.2) is 0 Å². The molecule has 30 heavy (non-hydrogen) atoms. The molecule has 2 heterocycles. The quantitative estimate of drug-likeness (QED) is 0.304. The summed E-state index contributed by atoms with van der Waals surface area (Å²) >= 11 is 1.20. The third kappa shape index (κ3) is 6.66. The van der Waals surface area contributed by atoms with Gasteiger partial charge in [-0.3, -0.25) is 9.69 Å². The van der Waals surface area contributed by atoms with Gasteiger partial charge in [0.25, 0.3) is 0 Å². The molecule has 2 aliphatic heterocycles. The van der Waals surface area contributed by atoms with Gasteiger partial charge in [-0.25, -0.2) is 0 Å². The lowest BCUT2D eigenvalue weighted by atomic mass is 9.92. The van der Waals surface area contributed by atoms with Crippen LogP contribution in [0, 0.1) is 5.92 Å². The zero-order chi connectivity index (χ0) is 21.0. The van der Waals surface area contributed by atoms with Gasteiger partial charge in [-0.1, -0.05) is 20.3 Å². The van der Waals surface area contributed by atoms with Gasteiger partial charge < -0.3 is 36.0 Å². The third-order valence-corrected chi connectivity index (χ3v) is 6.77. The van der Waals surface area contributed by atoms with E-state index >= 15 is 0 Å². The number of hydrogen-bond acceptors (Lipinski definition) is 8. The first-order valence-corrected chi connectivity index (χ1v) is 11.5. The summed E-state index contributed by atoms with van der Waals surface area (Å²) in [6.45, 7) is 7.31. The number of thioether (sulfide) groups is 1. The van der Waals surface area contributed by atoms with Crippen molar-refractivity contribution in [2.45, 2.75) is 88.1 Å². The summed E-state index contributed by atoms with van der Waals surface area (Å²) < 4.78 is 5.75. The number of likely N-dealkylation sites (N-methyl/N-ethyl adjacent to an activating group) is 1. The van der Waals surface area contributed by atoms with Crippen LogP contribution in [0.3, 0.4) is 0 Å². The molecule has 2 rings (SSSR count). The Bertz CT molecular complexity index is 517. The molecule has 0 aromatic heterocycles. The maximum absolute atomic E-state index is 13.0. The van der Waals surface area contributed by atoms with Crippen molar-refractivity contribution in [2.24, 2.45) is 5.92 Å². The Morgan fingerprint density at radius 2 is 1.87 bits per heavy atom. The van der Waals surface area contributed by atoms with E-state index in [1.54, 1.807) is 6.26 Å². The highest BCUT2D eigenvalue weighted by Gasteiger charge is 2.48. The number of carbonyl (C=O) groups is 1. The molecule has 0 bridgehead atoms.